The Bertz CT molecular complexity index is 304. The first-order chi connectivity index (χ1) is 8.07. The third-order valence-electron chi connectivity index (χ3n) is 3.01. The third-order valence-corrected chi connectivity index (χ3v) is 3.01. The molecule has 1 saturated heterocycles. The lowest BCUT2D eigenvalue weighted by molar-refractivity contribution is -0.142. The van der Waals surface area contributed by atoms with Gasteiger partial charge in [-0.2, -0.15) is 0 Å². The quantitative estimate of drug-likeness (QED) is 0.761. The maximum absolute atomic E-state index is 12.1. The Morgan fingerprint density at radius 1 is 1.47 bits per heavy atom. The summed E-state index contributed by atoms with van der Waals surface area (Å²) in [6, 6.07) is -0.906. The molecule has 5 heteroatoms. The Morgan fingerprint density at radius 3 is 2.76 bits per heavy atom. The number of hydrogen-bond donors (Lipinski definition) is 1. The van der Waals surface area contributed by atoms with Gasteiger partial charge in [0.2, 0.25) is 0 Å². The molecular weight excluding hydrogens is 220 g/mol. The van der Waals surface area contributed by atoms with E-state index in [-0.39, 0.29) is 6.03 Å². The fourth-order valence-electron chi connectivity index (χ4n) is 2.09. The number of carbonyl (C=O) groups is 2. The summed E-state index contributed by atoms with van der Waals surface area (Å²) in [5, 5.41) is 9.16. The molecule has 0 aromatic heterocycles. The second kappa shape index (κ2) is 6.27. The second-order valence-electron chi connectivity index (χ2n) is 4.35. The van der Waals surface area contributed by atoms with Crippen molar-refractivity contribution in [2.75, 3.05) is 20.1 Å². The Labute approximate surface area is 102 Å². The van der Waals surface area contributed by atoms with E-state index in [0.717, 1.165) is 19.3 Å². The summed E-state index contributed by atoms with van der Waals surface area (Å²) in [5.74, 6) is -0.910. The number of hydrogen-bond acceptors (Lipinski definition) is 2. The molecule has 1 fully saturated rings. The number of carbonyl (C=O) groups excluding carboxylic acids is 1. The van der Waals surface area contributed by atoms with E-state index in [1.54, 1.807) is 13.1 Å². The first kappa shape index (κ1) is 13.5. The molecule has 0 aromatic carbocycles. The minimum absolute atomic E-state index is 0.223. The van der Waals surface area contributed by atoms with Crippen molar-refractivity contribution in [1.82, 2.24) is 9.80 Å². The summed E-state index contributed by atoms with van der Waals surface area (Å²) >= 11 is 0. The van der Waals surface area contributed by atoms with Crippen molar-refractivity contribution in [1.29, 1.82) is 0 Å². The molecule has 0 radical (unpaired) electrons. The van der Waals surface area contributed by atoms with E-state index >= 15 is 0 Å². The zero-order chi connectivity index (χ0) is 12.8. The van der Waals surface area contributed by atoms with E-state index in [1.165, 1.54) is 9.80 Å². The summed E-state index contributed by atoms with van der Waals surface area (Å²) in [5.41, 5.74) is 0. The number of likely N-dealkylation sites (tertiary alicyclic amines) is 1. The van der Waals surface area contributed by atoms with E-state index in [0.29, 0.717) is 19.5 Å². The number of amides is 2. The molecular formula is C12H20N2O3. The maximum atomic E-state index is 12.1. The van der Waals surface area contributed by atoms with Gasteiger partial charge in [-0.1, -0.05) is 18.9 Å². The van der Waals surface area contributed by atoms with Gasteiger partial charge < -0.3 is 14.9 Å². The van der Waals surface area contributed by atoms with Crippen LogP contribution in [0.25, 0.3) is 0 Å². The Hall–Kier alpha value is -1.52. The average molecular weight is 240 g/mol. The first-order valence-electron chi connectivity index (χ1n) is 5.93. The third kappa shape index (κ3) is 3.47. The highest BCUT2D eigenvalue weighted by atomic mass is 16.4. The smallest absolute Gasteiger partial charge is 0.326 e. The van der Waals surface area contributed by atoms with Crippen molar-refractivity contribution < 1.29 is 14.7 Å². The van der Waals surface area contributed by atoms with Gasteiger partial charge in [0.1, 0.15) is 6.04 Å². The molecule has 0 spiro atoms. The van der Waals surface area contributed by atoms with E-state index in [4.69, 9.17) is 5.11 Å². The van der Waals surface area contributed by atoms with Crippen molar-refractivity contribution >= 4 is 12.0 Å². The number of aliphatic carboxylic acids is 1. The number of rotatable bonds is 3. The van der Waals surface area contributed by atoms with Crippen molar-refractivity contribution in [3.63, 3.8) is 0 Å². The van der Waals surface area contributed by atoms with Crippen LogP contribution in [0.4, 0.5) is 4.79 Å². The van der Waals surface area contributed by atoms with Crippen LogP contribution in [0.1, 0.15) is 25.7 Å². The van der Waals surface area contributed by atoms with E-state index in [9.17, 15) is 9.59 Å². The predicted octanol–water partition coefficient (Wildman–Crippen LogP) is 1.55. The molecule has 96 valence electrons. The highest BCUT2D eigenvalue weighted by Crippen LogP contribution is 2.18. The fraction of sp³-hybridized carbons (Fsp3) is 0.667. The lowest BCUT2D eigenvalue weighted by Gasteiger charge is -2.30. The number of carboxylic acids is 1. The number of carboxylic acid groups (broad SMARTS) is 1. The van der Waals surface area contributed by atoms with Gasteiger partial charge in [0.15, 0.2) is 0 Å². The molecule has 0 saturated carbocycles. The number of urea groups is 1. The van der Waals surface area contributed by atoms with Gasteiger partial charge in [0, 0.05) is 20.1 Å². The molecule has 1 heterocycles. The largest absolute Gasteiger partial charge is 0.480 e. The first-order valence-corrected chi connectivity index (χ1v) is 5.93. The summed E-state index contributed by atoms with van der Waals surface area (Å²) in [6.45, 7) is 4.53. The van der Waals surface area contributed by atoms with Crippen molar-refractivity contribution in [3.8, 4) is 0 Å². The molecule has 1 unspecified atom stereocenters. The van der Waals surface area contributed by atoms with Crippen LogP contribution in [0.5, 0.6) is 0 Å². The van der Waals surface area contributed by atoms with Gasteiger partial charge in [0.05, 0.1) is 0 Å². The van der Waals surface area contributed by atoms with Crippen LogP contribution < -0.4 is 0 Å². The normalized spacial score (nSPS) is 20.5. The zero-order valence-electron chi connectivity index (χ0n) is 10.3. The highest BCUT2D eigenvalue weighted by molar-refractivity contribution is 5.82. The summed E-state index contributed by atoms with van der Waals surface area (Å²) in [7, 11) is 1.66. The molecule has 0 bridgehead atoms. The van der Waals surface area contributed by atoms with Gasteiger partial charge in [-0.15, -0.1) is 6.58 Å². The van der Waals surface area contributed by atoms with Gasteiger partial charge in [-0.05, 0) is 12.8 Å². The summed E-state index contributed by atoms with van der Waals surface area (Å²) in [4.78, 5) is 26.2. The van der Waals surface area contributed by atoms with E-state index < -0.39 is 12.0 Å². The molecule has 2 amide bonds. The predicted molar refractivity (Wildman–Crippen MR) is 64.8 cm³/mol. The number of nitrogens with zero attached hydrogens (tertiary/aromatic N) is 2. The molecule has 17 heavy (non-hydrogen) atoms. The van der Waals surface area contributed by atoms with Crippen molar-refractivity contribution in [3.05, 3.63) is 12.7 Å². The molecule has 1 aliphatic rings. The molecule has 1 N–H and O–H groups in total. The molecule has 1 aliphatic heterocycles. The Morgan fingerprint density at radius 2 is 2.18 bits per heavy atom. The second-order valence-corrected chi connectivity index (χ2v) is 4.35. The molecule has 1 atom stereocenters. The van der Waals surface area contributed by atoms with E-state index in [1.807, 2.05) is 0 Å². The Kier molecular flexibility index (Phi) is 5.00. The van der Waals surface area contributed by atoms with Gasteiger partial charge >= 0.3 is 12.0 Å². The van der Waals surface area contributed by atoms with Crippen LogP contribution in [0.2, 0.25) is 0 Å². The average Bonchev–Trinajstić information content (AvgIpc) is 2.53. The molecule has 1 rings (SSSR count). The zero-order valence-corrected chi connectivity index (χ0v) is 10.3. The fourth-order valence-corrected chi connectivity index (χ4v) is 2.09. The summed E-state index contributed by atoms with van der Waals surface area (Å²) < 4.78 is 0. The monoisotopic (exact) mass is 240 g/mol. The van der Waals surface area contributed by atoms with Crippen LogP contribution >= 0.6 is 0 Å². The van der Waals surface area contributed by atoms with Gasteiger partial charge in [-0.3, -0.25) is 0 Å². The van der Waals surface area contributed by atoms with Crippen LogP contribution in [0, 0.1) is 0 Å². The topological polar surface area (TPSA) is 60.9 Å². The highest BCUT2D eigenvalue weighted by Gasteiger charge is 2.31. The summed E-state index contributed by atoms with van der Waals surface area (Å²) in [6.07, 6.45) is 4.90. The SMILES string of the molecule is C=CCN(C)C(=O)N1CCCCCC1C(=O)O. The molecule has 5 nitrogen and oxygen atoms in total. The van der Waals surface area contributed by atoms with Crippen molar-refractivity contribution in [2.45, 2.75) is 31.7 Å². The van der Waals surface area contributed by atoms with Crippen LogP contribution in [-0.2, 0) is 4.79 Å². The van der Waals surface area contributed by atoms with Crippen LogP contribution in [-0.4, -0.2) is 53.1 Å². The van der Waals surface area contributed by atoms with Gasteiger partial charge in [0.25, 0.3) is 0 Å². The molecule has 0 aromatic rings. The number of likely N-dealkylation sites (N-methyl/N-ethyl adjacent to an activating group) is 1. The van der Waals surface area contributed by atoms with Crippen LogP contribution in [0.3, 0.4) is 0 Å². The minimum atomic E-state index is -0.910. The maximum Gasteiger partial charge on any atom is 0.326 e. The Balaban J connectivity index is 2.78. The lowest BCUT2D eigenvalue weighted by Crippen LogP contribution is -2.49. The standard InChI is InChI=1S/C12H20N2O3/c1-3-8-13(2)12(17)14-9-6-4-5-7-10(14)11(15)16/h3,10H,1,4-9H2,2H3,(H,15,16). The van der Waals surface area contributed by atoms with Crippen molar-refractivity contribution in [2.24, 2.45) is 0 Å². The minimum Gasteiger partial charge on any atom is -0.480 e. The van der Waals surface area contributed by atoms with Gasteiger partial charge in [-0.25, -0.2) is 9.59 Å². The van der Waals surface area contributed by atoms with Crippen LogP contribution in [0.15, 0.2) is 12.7 Å². The molecule has 0 aliphatic carbocycles. The van der Waals surface area contributed by atoms with E-state index in [2.05, 4.69) is 6.58 Å². The lowest BCUT2D eigenvalue weighted by atomic mass is 10.1.